The number of carbonyl (C=O) groups excluding carboxylic acids is 5. The summed E-state index contributed by atoms with van der Waals surface area (Å²) in [6, 6.07) is 42.7. The molecule has 24 heteroatoms. The number of ether oxygens (including phenoxy) is 1. The number of hydrogen-bond donors (Lipinski definition) is 3. The Kier molecular flexibility index (Phi) is 18.4. The summed E-state index contributed by atoms with van der Waals surface area (Å²) in [5, 5.41) is 20.9. The van der Waals surface area contributed by atoms with Crippen molar-refractivity contribution in [3.05, 3.63) is 199 Å². The number of amides is 5. The Labute approximate surface area is 533 Å². The number of benzene rings is 7. The van der Waals surface area contributed by atoms with Gasteiger partial charge in [-0.3, -0.25) is 19.2 Å². The average molecular weight is 1280 g/mol. The number of carbonyl (C=O) groups is 5. The van der Waals surface area contributed by atoms with E-state index in [0.29, 0.717) is 37.6 Å². The fourth-order valence-corrected chi connectivity index (χ4v) is 12.2. The topological polar surface area (TPSA) is 208 Å². The second-order valence-corrected chi connectivity index (χ2v) is 22.6. The molecule has 10 aromatic rings. The molecule has 0 unspecified atom stereocenters. The van der Waals surface area contributed by atoms with E-state index in [0.717, 1.165) is 67.4 Å². The Balaban J connectivity index is 0.000000153. The first kappa shape index (κ1) is 61.0. The zero-order valence-corrected chi connectivity index (χ0v) is 51.4. The number of nitrogens with two attached hydrogens (primary N) is 1. The Morgan fingerprint density at radius 1 is 0.543 bits per heavy atom. The number of rotatable bonds is 14. The minimum Gasteiger partial charge on any atom is -0.445 e. The minimum absolute atomic E-state index is 0.0251. The third-order valence-corrected chi connectivity index (χ3v) is 16.6. The van der Waals surface area contributed by atoms with Crippen molar-refractivity contribution in [3.8, 4) is 17.1 Å². The van der Waals surface area contributed by atoms with Crippen LogP contribution < -0.4 is 31.1 Å². The lowest BCUT2D eigenvalue weighted by Gasteiger charge is -2.28. The largest absolute Gasteiger partial charge is 0.445 e. The van der Waals surface area contributed by atoms with Crippen molar-refractivity contribution in [3.63, 3.8) is 0 Å². The van der Waals surface area contributed by atoms with Gasteiger partial charge in [-0.1, -0.05) is 51.1 Å². The van der Waals surface area contributed by atoms with E-state index in [1.54, 1.807) is 102 Å². The van der Waals surface area contributed by atoms with Crippen molar-refractivity contribution >= 4 is 89.2 Å². The van der Waals surface area contributed by atoms with Gasteiger partial charge in [-0.15, -0.1) is 0 Å². The molecule has 6 atom stereocenters. The minimum atomic E-state index is -3.51. The molecule has 92 heavy (non-hydrogen) atoms. The van der Waals surface area contributed by atoms with Crippen molar-refractivity contribution < 1.29 is 50.7 Å². The predicted molar refractivity (Wildman–Crippen MR) is 347 cm³/mol. The second kappa shape index (κ2) is 27.7. The van der Waals surface area contributed by atoms with Gasteiger partial charge in [-0.2, -0.15) is 33.8 Å². The van der Waals surface area contributed by atoms with Crippen LogP contribution in [0.5, 0.6) is 0 Å². The van der Waals surface area contributed by atoms with Gasteiger partial charge in [0.15, 0.2) is 0 Å². The highest BCUT2D eigenvalue weighted by Crippen LogP contribution is 2.36. The van der Waals surface area contributed by atoms with Crippen molar-refractivity contribution in [2.75, 3.05) is 14.7 Å². The monoisotopic (exact) mass is 1280 g/mol. The third kappa shape index (κ3) is 13.7. The zero-order valence-electron chi connectivity index (χ0n) is 53.5. The van der Waals surface area contributed by atoms with E-state index in [2.05, 4.69) is 25.9 Å². The van der Waals surface area contributed by atoms with Crippen LogP contribution in [0.15, 0.2) is 176 Å². The maximum Gasteiger partial charge on any atom is 0.407 e. The molecule has 0 aliphatic carbocycles. The molecule has 0 saturated carbocycles. The van der Waals surface area contributed by atoms with Crippen molar-refractivity contribution in [1.82, 2.24) is 40.0 Å². The molecular weight excluding hydrogens is 1210 g/mol. The standard InChI is InChI=1S/C27H25FN4O3.C22H21F3N4O2.C19H19FN4O.H3P/c1-2-24-23(30-27(34)35-17-18-6-4-3-5-7-18)15-26(33)31(24)22-12-13-25-19(14-22)16-29-32(25)21-10-8-20(28)9-11-21;1-3-18-17(27-21(31)22(2,24)25)11-20(30)28(18)16-8-9-19-13(10-16)12-26-29(19)15-6-4-14(23)5-7-15;1-2-17-16(21)10-19(25)23(17)15-7-8-18-12(9-15)11-22-24(18)14-5-3-13(20)4-6-14;/h3-14,16,23-24H,2,15,17H2,1H3,(H,30,34);4-10,12,17-18H,3,11H2,1-2H3,(H,27,31);3-9,11,16-17H,2,10,21H2,1H3;1H3/t23-,24+;17-,18+;16-,17+;/m000./s1/i;;;1T3. The highest BCUT2D eigenvalue weighted by atomic mass is 31.0. The van der Waals surface area contributed by atoms with E-state index in [4.69, 9.17) is 14.3 Å². The van der Waals surface area contributed by atoms with Gasteiger partial charge >= 0.3 is 12.0 Å². The average Bonchev–Trinajstić information content (AvgIpc) is 1.66. The van der Waals surface area contributed by atoms with Crippen LogP contribution in [-0.4, -0.2) is 105 Å². The fourth-order valence-electron chi connectivity index (χ4n) is 12.2. The molecule has 3 aliphatic rings. The Bertz CT molecular complexity index is 4370. The molecule has 6 heterocycles. The summed E-state index contributed by atoms with van der Waals surface area (Å²) in [5.74, 6) is -6.08. The summed E-state index contributed by atoms with van der Waals surface area (Å²) in [4.78, 5) is 67.3. The van der Waals surface area contributed by atoms with Crippen LogP contribution in [0, 0.1) is 17.5 Å². The smallest absolute Gasteiger partial charge is 0.407 e. The summed E-state index contributed by atoms with van der Waals surface area (Å²) in [5.41, 5.74) is 13.9. The lowest BCUT2D eigenvalue weighted by molar-refractivity contribution is -0.143. The molecule has 4 N–H and O–H groups in total. The van der Waals surface area contributed by atoms with Gasteiger partial charge in [0, 0.05) is 65.4 Å². The summed E-state index contributed by atoms with van der Waals surface area (Å²) < 4.78 is 94.7. The molecule has 0 spiro atoms. The molecule has 0 radical (unpaired) electrons. The van der Waals surface area contributed by atoms with Gasteiger partial charge in [-0.05, 0) is 152 Å². The number of nitrogens with one attached hydrogen (secondary N) is 2. The van der Waals surface area contributed by atoms with E-state index in [1.165, 1.54) is 36.4 Å². The van der Waals surface area contributed by atoms with Crippen molar-refractivity contribution in [1.29, 1.82) is 3.84 Å². The summed E-state index contributed by atoms with van der Waals surface area (Å²) >= 11 is 0. The van der Waals surface area contributed by atoms with Crippen molar-refractivity contribution in [2.24, 2.45) is 5.73 Å². The maximum atomic E-state index is 13.3. The van der Waals surface area contributed by atoms with Gasteiger partial charge < -0.3 is 35.8 Å². The molecular formula is C68H68F5N12O6P. The number of hydrogen-bond acceptors (Lipinski definition) is 10. The number of aromatic nitrogens is 6. The molecule has 476 valence electrons. The summed E-state index contributed by atoms with van der Waals surface area (Å²) in [6.45, 7) is 6.57. The van der Waals surface area contributed by atoms with E-state index in [1.807, 2.05) is 87.5 Å². The molecule has 0 bridgehead atoms. The summed E-state index contributed by atoms with van der Waals surface area (Å²) in [7, 11) is -1.87. The van der Waals surface area contributed by atoms with Gasteiger partial charge in [0.25, 0.3) is 5.91 Å². The van der Waals surface area contributed by atoms with Crippen LogP contribution in [0.1, 0.15) is 71.8 Å². The molecule has 3 saturated heterocycles. The Morgan fingerprint density at radius 3 is 1.26 bits per heavy atom. The first-order valence-corrected chi connectivity index (χ1v) is 29.9. The SMILES string of the molecule is CC[C@@H]1[C@@H](N)CC(=O)N1c1ccc2c(cnn2-c2ccc(F)cc2)c1.CC[C@@H]1[C@@H](NC(=O)C(C)(F)F)CC(=O)N1c1ccc2c(cnn2-c2ccc(F)cc2)c1.CC[C@@H]1[C@@H](NC(=O)OCc2ccccc2)CC(=O)N1c1ccc2c(cnn2-c2ccc(F)cc2)c1.[3H]P([3H])[3H]. The van der Waals surface area contributed by atoms with Gasteiger partial charge in [-0.25, -0.2) is 32.0 Å². The van der Waals surface area contributed by atoms with E-state index in [9.17, 15) is 45.9 Å². The Hall–Kier alpha value is -9.86. The van der Waals surface area contributed by atoms with E-state index >= 15 is 0 Å². The van der Waals surface area contributed by atoms with Crippen LogP contribution in [0.25, 0.3) is 49.8 Å². The van der Waals surface area contributed by atoms with Crippen LogP contribution >= 0.6 is 9.73 Å². The predicted octanol–water partition coefficient (Wildman–Crippen LogP) is 11.9. The van der Waals surface area contributed by atoms with Gasteiger partial charge in [0.1, 0.15) is 24.1 Å². The maximum absolute atomic E-state index is 13.3. The third-order valence-electron chi connectivity index (χ3n) is 16.6. The Morgan fingerprint density at radius 2 is 0.891 bits per heavy atom. The lowest BCUT2D eigenvalue weighted by Crippen LogP contribution is -2.49. The molecule has 3 aliphatic heterocycles. The normalized spacial score (nSPS) is 19.2. The van der Waals surface area contributed by atoms with E-state index < -0.39 is 39.7 Å². The van der Waals surface area contributed by atoms with Crippen LogP contribution in [0.3, 0.4) is 0 Å². The first-order chi connectivity index (χ1) is 45.5. The van der Waals surface area contributed by atoms with E-state index in [-0.39, 0.29) is 78.8 Å². The number of halogens is 5. The highest BCUT2D eigenvalue weighted by Gasteiger charge is 2.44. The highest BCUT2D eigenvalue weighted by molar-refractivity contribution is 6.92. The number of nitrogens with zero attached hydrogens (tertiary/aromatic N) is 9. The second-order valence-electron chi connectivity index (χ2n) is 22.6. The zero-order chi connectivity index (χ0) is 67.8. The first-order valence-electron chi connectivity index (χ1n) is 31.2. The van der Waals surface area contributed by atoms with Crippen LogP contribution in [0.2, 0.25) is 0 Å². The fraction of sp³-hybridized carbons (Fsp3) is 0.265. The number of anilines is 3. The van der Waals surface area contributed by atoms with Gasteiger partial charge in [0.05, 0.1) is 86.2 Å². The molecule has 3 aromatic heterocycles. The molecule has 18 nitrogen and oxygen atoms in total. The molecule has 5 amide bonds. The number of fused-ring (bicyclic) bond motifs is 3. The van der Waals surface area contributed by atoms with Crippen LogP contribution in [0.4, 0.5) is 43.8 Å². The van der Waals surface area contributed by atoms with Gasteiger partial charge in [0.2, 0.25) is 17.7 Å². The van der Waals surface area contributed by atoms with Crippen LogP contribution in [-0.2, 0) is 30.5 Å². The molecule has 3 fully saturated rings. The number of alkyl halides is 2. The van der Waals surface area contributed by atoms with Crippen molar-refractivity contribution in [2.45, 2.75) is 115 Å². The molecule has 7 aromatic carbocycles. The molecule has 13 rings (SSSR count). The lowest BCUT2D eigenvalue weighted by atomic mass is 10.1. The quantitative estimate of drug-likeness (QED) is 0.0693. The summed E-state index contributed by atoms with van der Waals surface area (Å²) in [6.07, 6.45) is 7.08. The number of alkyl carbamates (subject to hydrolysis) is 1.